The van der Waals surface area contributed by atoms with Crippen LogP contribution in [0.3, 0.4) is 0 Å². The molecule has 0 saturated heterocycles. The lowest BCUT2D eigenvalue weighted by Crippen LogP contribution is -2.10. The average Bonchev–Trinajstić information content (AvgIpc) is 3.21. The number of aliphatic hydroxyl groups is 1. The van der Waals surface area contributed by atoms with Crippen LogP contribution in [-0.4, -0.2) is 53.2 Å². The number of hydrogen-bond donors (Lipinski definition) is 1. The molecule has 1 N–H and O–H groups in total. The molecule has 0 saturated carbocycles. The topological polar surface area (TPSA) is 131 Å². The lowest BCUT2D eigenvalue weighted by Gasteiger charge is -2.10. The second kappa shape index (κ2) is 8.81. The van der Waals surface area contributed by atoms with Gasteiger partial charge in [-0.1, -0.05) is 12.1 Å². The molecule has 0 unspecified atom stereocenters. The van der Waals surface area contributed by atoms with E-state index in [1.807, 2.05) is 12.1 Å². The van der Waals surface area contributed by atoms with Crippen LogP contribution >= 0.6 is 0 Å². The predicted octanol–water partition coefficient (Wildman–Crippen LogP) is 1.42. The number of ether oxygens (including phenoxy) is 1. The summed E-state index contributed by atoms with van der Waals surface area (Å²) in [6, 6.07) is 13.7. The highest BCUT2D eigenvalue weighted by atomic mass is 32.2. The first-order chi connectivity index (χ1) is 14.0. The molecule has 1 heterocycles. The third kappa shape index (κ3) is 4.77. The highest BCUT2D eigenvalue weighted by Crippen LogP contribution is 2.29. The number of sulfone groups is 1. The van der Waals surface area contributed by atoms with E-state index < -0.39 is 9.84 Å². The maximum atomic E-state index is 12.4. The highest BCUT2D eigenvalue weighted by molar-refractivity contribution is 7.91. The molecule has 150 valence electrons. The molecule has 9 nitrogen and oxygen atoms in total. The summed E-state index contributed by atoms with van der Waals surface area (Å²) in [6.45, 7) is 0.176. The SMILES string of the molecule is COc1cc(-c2nnn(Cc3ccc(C#N)cc3)n2)ccc1S(=O)(=O)CCCO. The lowest BCUT2D eigenvalue weighted by molar-refractivity contribution is 0.295. The fourth-order valence-corrected chi connectivity index (χ4v) is 4.16. The van der Waals surface area contributed by atoms with Gasteiger partial charge >= 0.3 is 0 Å². The van der Waals surface area contributed by atoms with Crippen LogP contribution in [0.25, 0.3) is 11.4 Å². The van der Waals surface area contributed by atoms with E-state index in [9.17, 15) is 8.42 Å². The molecule has 0 amide bonds. The molecule has 29 heavy (non-hydrogen) atoms. The van der Waals surface area contributed by atoms with Crippen LogP contribution in [0.1, 0.15) is 17.5 Å². The van der Waals surface area contributed by atoms with Gasteiger partial charge in [-0.15, -0.1) is 10.2 Å². The second-order valence-corrected chi connectivity index (χ2v) is 8.29. The number of nitrogens with zero attached hydrogens (tertiary/aromatic N) is 5. The first-order valence-corrected chi connectivity index (χ1v) is 10.4. The van der Waals surface area contributed by atoms with Crippen molar-refractivity contribution in [2.75, 3.05) is 19.5 Å². The molecule has 3 rings (SSSR count). The Labute approximate surface area is 168 Å². The Hall–Kier alpha value is -3.29. The van der Waals surface area contributed by atoms with Gasteiger partial charge in [0, 0.05) is 12.2 Å². The van der Waals surface area contributed by atoms with Crippen LogP contribution in [0, 0.1) is 11.3 Å². The van der Waals surface area contributed by atoms with Crippen LogP contribution < -0.4 is 4.74 Å². The molecule has 0 atom stereocenters. The van der Waals surface area contributed by atoms with E-state index >= 15 is 0 Å². The molecule has 0 aliphatic rings. The first kappa shape index (κ1) is 20.4. The van der Waals surface area contributed by atoms with Crippen LogP contribution in [0.4, 0.5) is 0 Å². The summed E-state index contributed by atoms with van der Waals surface area (Å²) in [6.07, 6.45) is 0.151. The van der Waals surface area contributed by atoms with Crippen molar-refractivity contribution >= 4 is 9.84 Å². The quantitative estimate of drug-likeness (QED) is 0.587. The molecule has 0 fully saturated rings. The van der Waals surface area contributed by atoms with Crippen molar-refractivity contribution in [3.63, 3.8) is 0 Å². The monoisotopic (exact) mass is 413 g/mol. The normalized spacial score (nSPS) is 11.2. The summed E-state index contributed by atoms with van der Waals surface area (Å²) >= 11 is 0. The Bertz CT molecular complexity index is 1130. The third-order valence-corrected chi connectivity index (χ3v) is 6.02. The van der Waals surface area contributed by atoms with Crippen molar-refractivity contribution in [3.8, 4) is 23.2 Å². The molecule has 10 heteroatoms. The van der Waals surface area contributed by atoms with E-state index in [4.69, 9.17) is 15.1 Å². The molecule has 0 spiro atoms. The van der Waals surface area contributed by atoms with Gasteiger partial charge in [0.05, 0.1) is 31.0 Å². The Morgan fingerprint density at radius 1 is 1.21 bits per heavy atom. The lowest BCUT2D eigenvalue weighted by atomic mass is 10.1. The van der Waals surface area contributed by atoms with Gasteiger partial charge in [0.25, 0.3) is 0 Å². The van der Waals surface area contributed by atoms with E-state index in [1.54, 1.807) is 24.3 Å². The van der Waals surface area contributed by atoms with E-state index in [0.717, 1.165) is 5.56 Å². The van der Waals surface area contributed by atoms with Crippen molar-refractivity contribution in [3.05, 3.63) is 53.6 Å². The summed E-state index contributed by atoms with van der Waals surface area (Å²) in [4.78, 5) is 1.47. The van der Waals surface area contributed by atoms with Crippen LogP contribution in [-0.2, 0) is 16.4 Å². The maximum Gasteiger partial charge on any atom is 0.205 e. The van der Waals surface area contributed by atoms with Crippen LogP contribution in [0.5, 0.6) is 5.75 Å². The number of nitriles is 1. The third-order valence-electron chi connectivity index (χ3n) is 4.19. The molecule has 0 bridgehead atoms. The van der Waals surface area contributed by atoms with Gasteiger partial charge in [0.15, 0.2) is 9.84 Å². The average molecular weight is 413 g/mol. The standard InChI is InChI=1S/C19H19N5O4S/c1-28-17-11-16(7-8-18(17)29(26,27)10-2-9-25)19-21-23-24(22-19)13-15-5-3-14(12-20)4-6-15/h3-8,11,25H,2,9-10,13H2,1H3. The van der Waals surface area contributed by atoms with Gasteiger partial charge in [0.1, 0.15) is 10.6 Å². The molecule has 0 radical (unpaired) electrons. The zero-order valence-electron chi connectivity index (χ0n) is 15.7. The number of tetrazole rings is 1. The number of methoxy groups -OCH3 is 1. The first-order valence-electron chi connectivity index (χ1n) is 8.75. The molecule has 3 aromatic rings. The smallest absolute Gasteiger partial charge is 0.205 e. The summed E-state index contributed by atoms with van der Waals surface area (Å²) < 4.78 is 30.1. The summed E-state index contributed by atoms with van der Waals surface area (Å²) in [5.41, 5.74) is 2.05. The van der Waals surface area contributed by atoms with E-state index in [0.29, 0.717) is 23.5 Å². The van der Waals surface area contributed by atoms with Gasteiger partial charge in [0.2, 0.25) is 5.82 Å². The molecule has 0 aliphatic heterocycles. The fraction of sp³-hybridized carbons (Fsp3) is 0.263. The van der Waals surface area contributed by atoms with Gasteiger partial charge in [-0.05, 0) is 47.5 Å². The van der Waals surface area contributed by atoms with Crippen molar-refractivity contribution < 1.29 is 18.3 Å². The van der Waals surface area contributed by atoms with Crippen molar-refractivity contribution in [1.82, 2.24) is 20.2 Å². The van der Waals surface area contributed by atoms with Crippen molar-refractivity contribution in [2.24, 2.45) is 0 Å². The molecule has 0 aliphatic carbocycles. The number of hydrogen-bond acceptors (Lipinski definition) is 8. The summed E-state index contributed by atoms with van der Waals surface area (Å²) in [5.74, 6) is 0.346. The largest absolute Gasteiger partial charge is 0.495 e. The highest BCUT2D eigenvalue weighted by Gasteiger charge is 2.20. The minimum atomic E-state index is -3.57. The Balaban J connectivity index is 1.83. The van der Waals surface area contributed by atoms with E-state index in [-0.39, 0.29) is 29.4 Å². The van der Waals surface area contributed by atoms with E-state index in [1.165, 1.54) is 18.0 Å². The summed E-state index contributed by atoms with van der Waals surface area (Å²) in [5, 5.41) is 30.1. The Morgan fingerprint density at radius 3 is 2.62 bits per heavy atom. The predicted molar refractivity (Wildman–Crippen MR) is 104 cm³/mol. The van der Waals surface area contributed by atoms with Gasteiger partial charge < -0.3 is 9.84 Å². The van der Waals surface area contributed by atoms with Crippen LogP contribution in [0.15, 0.2) is 47.4 Å². The van der Waals surface area contributed by atoms with Gasteiger partial charge in [-0.2, -0.15) is 10.1 Å². The molecular weight excluding hydrogens is 394 g/mol. The summed E-state index contributed by atoms with van der Waals surface area (Å²) in [7, 11) is -2.19. The fourth-order valence-electron chi connectivity index (χ4n) is 2.70. The Morgan fingerprint density at radius 2 is 1.97 bits per heavy atom. The van der Waals surface area contributed by atoms with Crippen molar-refractivity contribution in [1.29, 1.82) is 5.26 Å². The number of benzene rings is 2. The zero-order chi connectivity index (χ0) is 20.9. The molecule has 2 aromatic carbocycles. The molecular formula is C19H19N5O4S. The minimum Gasteiger partial charge on any atom is -0.495 e. The van der Waals surface area contributed by atoms with Gasteiger partial charge in [-0.25, -0.2) is 8.42 Å². The number of rotatable bonds is 8. The number of aliphatic hydroxyl groups excluding tert-OH is 1. The molecule has 1 aromatic heterocycles. The van der Waals surface area contributed by atoms with Crippen molar-refractivity contribution in [2.45, 2.75) is 17.9 Å². The van der Waals surface area contributed by atoms with E-state index in [2.05, 4.69) is 21.5 Å². The van der Waals surface area contributed by atoms with Gasteiger partial charge in [-0.3, -0.25) is 0 Å². The number of aromatic nitrogens is 4. The maximum absolute atomic E-state index is 12.4. The zero-order valence-corrected chi connectivity index (χ0v) is 16.5. The minimum absolute atomic E-state index is 0.0576. The second-order valence-electron chi connectivity index (χ2n) is 6.21. The Kier molecular flexibility index (Phi) is 6.21. The van der Waals surface area contributed by atoms with Crippen LogP contribution in [0.2, 0.25) is 0 Å².